The summed E-state index contributed by atoms with van der Waals surface area (Å²) in [4.78, 5) is 23.4. The number of rotatable bonds is 29. The molecule has 0 radical (unpaired) electrons. The van der Waals surface area contributed by atoms with E-state index in [1.165, 1.54) is 6.92 Å². The molecule has 0 aromatic heterocycles. The van der Waals surface area contributed by atoms with Crippen LogP contribution in [0.1, 0.15) is 40.0 Å². The van der Waals surface area contributed by atoms with E-state index < -0.39 is 138 Å². The minimum atomic E-state index is -2.86. The number of amides is 1. The Bertz CT molecular complexity index is 873. The van der Waals surface area contributed by atoms with Crippen LogP contribution in [0.25, 0.3) is 0 Å². The largest absolute Gasteiger partial charge is 0.477 e. The Balaban J connectivity index is 5.49. The first-order chi connectivity index (χ1) is 22.5. The molecule has 13 N–H and O–H groups in total. The zero-order valence-electron chi connectivity index (χ0n) is 27.4. The van der Waals surface area contributed by atoms with Gasteiger partial charge in [0.1, 0.15) is 48.8 Å². The van der Waals surface area contributed by atoms with Crippen molar-refractivity contribution >= 4 is 11.9 Å². The molecule has 0 aliphatic heterocycles. The normalized spacial score (nSPS) is 20.3. The predicted octanol–water partition coefficient (Wildman–Crippen LogP) is -5.88. The van der Waals surface area contributed by atoms with Crippen LogP contribution in [-0.4, -0.2) is 199 Å². The number of hydrogen-bond donors (Lipinski definition) is 13. The Morgan fingerprint density at radius 3 is 1.77 bits per heavy atom. The van der Waals surface area contributed by atoms with E-state index in [1.54, 1.807) is 0 Å². The highest BCUT2D eigenvalue weighted by atomic mass is 16.7. The lowest BCUT2D eigenvalue weighted by molar-refractivity contribution is -0.273. The summed E-state index contributed by atoms with van der Waals surface area (Å²) >= 11 is 0. The Hall–Kier alpha value is -1.70. The van der Waals surface area contributed by atoms with Crippen LogP contribution in [0.3, 0.4) is 0 Å². The molecule has 0 bridgehead atoms. The van der Waals surface area contributed by atoms with Gasteiger partial charge in [0.25, 0.3) is 5.79 Å². The van der Waals surface area contributed by atoms with Crippen LogP contribution in [0.2, 0.25) is 0 Å². The maximum absolute atomic E-state index is 12.2. The van der Waals surface area contributed by atoms with Gasteiger partial charge in [0.2, 0.25) is 5.91 Å². The van der Waals surface area contributed by atoms with Crippen molar-refractivity contribution in [3.63, 3.8) is 0 Å². The minimum Gasteiger partial charge on any atom is -0.477 e. The molecule has 20 heteroatoms. The van der Waals surface area contributed by atoms with E-state index in [-0.39, 0.29) is 6.61 Å². The molecule has 0 rings (SSSR count). The summed E-state index contributed by atoms with van der Waals surface area (Å²) in [6, 6.07) is 0. The van der Waals surface area contributed by atoms with E-state index >= 15 is 0 Å². The van der Waals surface area contributed by atoms with Crippen molar-refractivity contribution in [2.75, 3.05) is 52.8 Å². The molecule has 0 spiro atoms. The maximum Gasteiger partial charge on any atom is 0.364 e. The fraction of sp³-hybridized carbons (Fsp3) is 0.929. The topological polar surface area (TPSA) is 335 Å². The summed E-state index contributed by atoms with van der Waals surface area (Å²) in [5, 5.41) is 122. The number of aliphatic carboxylic acids is 1. The molecule has 0 fully saturated rings. The van der Waals surface area contributed by atoms with Crippen LogP contribution in [0, 0.1) is 0 Å². The smallest absolute Gasteiger partial charge is 0.364 e. The Morgan fingerprint density at radius 2 is 1.29 bits per heavy atom. The van der Waals surface area contributed by atoms with Crippen LogP contribution >= 0.6 is 0 Å². The summed E-state index contributed by atoms with van der Waals surface area (Å²) in [5.74, 6) is -5.33. The average molecular weight is 710 g/mol. The lowest BCUT2D eigenvalue weighted by atomic mass is 10.0. The van der Waals surface area contributed by atoms with Gasteiger partial charge in [0.15, 0.2) is 6.29 Å². The number of aliphatic hydroxyl groups is 11. The Kier molecular flexibility index (Phi) is 23.6. The van der Waals surface area contributed by atoms with Crippen molar-refractivity contribution in [3.05, 3.63) is 0 Å². The summed E-state index contributed by atoms with van der Waals surface area (Å²) < 4.78 is 26.7. The SMILES string of the molecule is CCCCO[C@H](OC(CO)[C@H](C)OCC(O)[C@@H](O)[C@@H](O)C(O)CO[C@](CC(O)CNC(C)=O)(OC[C@H](O)[C@H](O)CO)C(=O)O)[C@@H](O)CO. The van der Waals surface area contributed by atoms with Crippen LogP contribution in [0.4, 0.5) is 0 Å². The molecular formula is C28H55NO19. The molecule has 48 heavy (non-hydrogen) atoms. The number of carboxylic acid groups (broad SMARTS) is 1. The Labute approximate surface area is 278 Å². The van der Waals surface area contributed by atoms with E-state index in [0.29, 0.717) is 6.42 Å². The highest BCUT2D eigenvalue weighted by Gasteiger charge is 2.45. The molecule has 0 aliphatic rings. The number of ether oxygens (including phenoxy) is 5. The fourth-order valence-corrected chi connectivity index (χ4v) is 3.84. The fourth-order valence-electron chi connectivity index (χ4n) is 3.84. The monoisotopic (exact) mass is 709 g/mol. The van der Waals surface area contributed by atoms with E-state index in [2.05, 4.69) is 5.32 Å². The third kappa shape index (κ3) is 16.8. The van der Waals surface area contributed by atoms with Gasteiger partial charge in [-0.25, -0.2) is 4.79 Å². The van der Waals surface area contributed by atoms with Gasteiger partial charge in [-0.3, -0.25) is 4.79 Å². The van der Waals surface area contributed by atoms with Crippen LogP contribution < -0.4 is 5.32 Å². The summed E-state index contributed by atoms with van der Waals surface area (Å²) in [6.45, 7) is -0.863. The number of hydrogen-bond acceptors (Lipinski definition) is 18. The van der Waals surface area contributed by atoms with Crippen LogP contribution in [0.15, 0.2) is 0 Å². The number of carboxylic acids is 1. The lowest BCUT2D eigenvalue weighted by Gasteiger charge is -2.34. The van der Waals surface area contributed by atoms with Crippen molar-refractivity contribution < 1.29 is 94.6 Å². The zero-order chi connectivity index (χ0) is 37.0. The maximum atomic E-state index is 12.2. The molecule has 0 heterocycles. The molecular weight excluding hydrogens is 654 g/mol. The van der Waals surface area contributed by atoms with Gasteiger partial charge in [-0.1, -0.05) is 13.3 Å². The predicted molar refractivity (Wildman–Crippen MR) is 160 cm³/mol. The second kappa shape index (κ2) is 24.4. The molecule has 0 aromatic carbocycles. The van der Waals surface area contributed by atoms with Gasteiger partial charge in [0.05, 0.1) is 51.8 Å². The van der Waals surface area contributed by atoms with Gasteiger partial charge in [-0.05, 0) is 13.3 Å². The third-order valence-corrected chi connectivity index (χ3v) is 6.98. The number of carbonyl (C=O) groups is 2. The molecule has 1 amide bonds. The van der Waals surface area contributed by atoms with Gasteiger partial charge < -0.3 is 90.3 Å². The second-order valence-corrected chi connectivity index (χ2v) is 11.1. The highest BCUT2D eigenvalue weighted by Crippen LogP contribution is 2.24. The molecule has 12 atom stereocenters. The average Bonchev–Trinajstić information content (AvgIpc) is 3.06. The van der Waals surface area contributed by atoms with E-state index in [9.17, 15) is 65.8 Å². The third-order valence-electron chi connectivity index (χ3n) is 6.98. The van der Waals surface area contributed by atoms with Crippen molar-refractivity contribution in [2.24, 2.45) is 0 Å². The molecule has 286 valence electrons. The molecule has 0 aliphatic carbocycles. The number of nitrogens with one attached hydrogen (secondary N) is 1. The van der Waals surface area contributed by atoms with Gasteiger partial charge in [-0.2, -0.15) is 0 Å². The summed E-state index contributed by atoms with van der Waals surface area (Å²) in [5.41, 5.74) is 0. The van der Waals surface area contributed by atoms with E-state index in [0.717, 1.165) is 13.3 Å². The first kappa shape index (κ1) is 46.3. The standard InChI is InChI=1S/C28H55NO19/c1-4-5-6-44-26(19(36)10-31)48-23(11-32)15(2)45-12-21(38)24(40)25(41)22(39)14-47-28(27(42)43,7-17(34)8-29-16(3)33)46-13-20(37)18(35)9-30/h15,17-26,30-32,34-41H,4-14H2,1-3H3,(H,29,33)(H,42,43)/t15-,17?,18+,19-,20-,21?,22?,23?,24+,25-,26+,28-/m0/s1. The number of unbranched alkanes of at least 4 members (excludes halogenated alkanes) is 1. The zero-order valence-corrected chi connectivity index (χ0v) is 27.4. The van der Waals surface area contributed by atoms with Crippen molar-refractivity contribution in [1.29, 1.82) is 0 Å². The van der Waals surface area contributed by atoms with Gasteiger partial charge >= 0.3 is 5.97 Å². The lowest BCUT2D eigenvalue weighted by Crippen LogP contribution is -2.54. The van der Waals surface area contributed by atoms with Crippen molar-refractivity contribution in [2.45, 2.75) is 113 Å². The van der Waals surface area contributed by atoms with Crippen molar-refractivity contribution in [1.82, 2.24) is 5.32 Å². The van der Waals surface area contributed by atoms with E-state index in [4.69, 9.17) is 28.8 Å². The number of aliphatic hydroxyl groups excluding tert-OH is 11. The van der Waals surface area contributed by atoms with Gasteiger partial charge in [0, 0.05) is 26.5 Å². The quantitative estimate of drug-likeness (QED) is 0.0254. The summed E-state index contributed by atoms with van der Waals surface area (Å²) in [7, 11) is 0. The van der Waals surface area contributed by atoms with Crippen molar-refractivity contribution in [3.8, 4) is 0 Å². The highest BCUT2D eigenvalue weighted by molar-refractivity contribution is 5.76. The van der Waals surface area contributed by atoms with Crippen LogP contribution in [0.5, 0.6) is 0 Å². The summed E-state index contributed by atoms with van der Waals surface area (Å²) in [6.07, 6.45) is -18.0. The molecule has 4 unspecified atom stereocenters. The molecule has 0 aromatic rings. The minimum absolute atomic E-state index is 0.187. The Morgan fingerprint density at radius 1 is 0.750 bits per heavy atom. The number of carbonyl (C=O) groups excluding carboxylic acids is 1. The van der Waals surface area contributed by atoms with E-state index in [1.807, 2.05) is 6.92 Å². The molecule has 0 saturated carbocycles. The first-order valence-corrected chi connectivity index (χ1v) is 15.4. The van der Waals surface area contributed by atoms with Crippen LogP contribution in [-0.2, 0) is 33.3 Å². The molecule has 20 nitrogen and oxygen atoms in total. The second-order valence-electron chi connectivity index (χ2n) is 11.1. The molecule has 0 saturated heterocycles. The first-order valence-electron chi connectivity index (χ1n) is 15.4. The van der Waals surface area contributed by atoms with Gasteiger partial charge in [-0.15, -0.1) is 0 Å².